The first-order valence-corrected chi connectivity index (χ1v) is 10.5. The van der Waals surface area contributed by atoms with Gasteiger partial charge in [-0.3, -0.25) is 4.90 Å². The maximum absolute atomic E-state index is 12.6. The van der Waals surface area contributed by atoms with E-state index >= 15 is 0 Å². The quantitative estimate of drug-likeness (QED) is 0.562. The molecule has 0 amide bonds. The van der Waals surface area contributed by atoms with Crippen molar-refractivity contribution in [2.45, 2.75) is 50.5 Å². The van der Waals surface area contributed by atoms with Gasteiger partial charge in [0.15, 0.2) is 0 Å². The van der Waals surface area contributed by atoms with E-state index in [-0.39, 0.29) is 17.0 Å². The Hall–Kier alpha value is -1.44. The summed E-state index contributed by atoms with van der Waals surface area (Å²) in [4.78, 5) is 6.40. The second-order valence-electron chi connectivity index (χ2n) is 6.37. The van der Waals surface area contributed by atoms with E-state index in [1.54, 1.807) is 6.20 Å². The van der Waals surface area contributed by atoms with Crippen LogP contribution in [0.2, 0.25) is 0 Å². The van der Waals surface area contributed by atoms with E-state index in [2.05, 4.69) is 23.0 Å². The number of aromatic nitrogens is 2. The van der Waals surface area contributed by atoms with Gasteiger partial charge in [-0.25, -0.2) is 13.4 Å². The normalized spacial score (nSPS) is 17.9. The topological polar surface area (TPSA) is 64.4 Å². The van der Waals surface area contributed by atoms with E-state index in [0.29, 0.717) is 32.6 Å². The van der Waals surface area contributed by atoms with Crippen molar-refractivity contribution in [2.75, 3.05) is 25.4 Å². The highest BCUT2D eigenvalue weighted by Gasteiger charge is 2.26. The van der Waals surface area contributed by atoms with E-state index in [0.717, 1.165) is 25.1 Å². The van der Waals surface area contributed by atoms with Crippen molar-refractivity contribution in [3.05, 3.63) is 37.2 Å². The molecule has 0 aliphatic carbocycles. The number of imidazole rings is 1. The lowest BCUT2D eigenvalue weighted by atomic mass is 10.2. The third-order valence-electron chi connectivity index (χ3n) is 4.22. The first kappa shape index (κ1) is 19.9. The molecule has 0 N–H and O–H groups in total. The Labute approximate surface area is 151 Å². The molecule has 1 saturated heterocycles. The SMILES string of the molecule is C=CCN(CC=C)Cc1cnc(S(=O)(=O)CCC)n1C[C@H]1CCCO1. The molecular weight excluding hydrogens is 338 g/mol. The predicted octanol–water partition coefficient (Wildman–Crippen LogP) is 2.42. The standard InChI is InChI=1S/C18H29N3O3S/c1-4-9-20(10-5-2)14-16-13-19-18(25(22,23)12-6-3)21(16)15-17-8-7-11-24-17/h4-5,13,17H,1-2,6-12,14-15H2,3H3/t17-/m1/s1. The lowest BCUT2D eigenvalue weighted by molar-refractivity contribution is 0.0934. The van der Waals surface area contributed by atoms with Crippen molar-refractivity contribution < 1.29 is 13.2 Å². The van der Waals surface area contributed by atoms with E-state index in [1.165, 1.54) is 0 Å². The summed E-state index contributed by atoms with van der Waals surface area (Å²) in [5, 5.41) is 0.164. The summed E-state index contributed by atoms with van der Waals surface area (Å²) in [5.41, 5.74) is 0.883. The molecule has 0 bridgehead atoms. The maximum Gasteiger partial charge on any atom is 0.227 e. The fraction of sp³-hybridized carbons (Fsp3) is 0.611. The Morgan fingerprint density at radius 1 is 1.40 bits per heavy atom. The Bertz CT molecular complexity index is 666. The molecule has 0 spiro atoms. The Morgan fingerprint density at radius 3 is 2.68 bits per heavy atom. The fourth-order valence-corrected chi connectivity index (χ4v) is 4.57. The van der Waals surface area contributed by atoms with Crippen molar-refractivity contribution in [3.8, 4) is 0 Å². The molecule has 0 radical (unpaired) electrons. The zero-order valence-corrected chi connectivity index (χ0v) is 15.9. The summed E-state index contributed by atoms with van der Waals surface area (Å²) in [6.07, 6.45) is 7.94. The molecule has 6 nitrogen and oxygen atoms in total. The monoisotopic (exact) mass is 367 g/mol. The molecular formula is C18H29N3O3S. The van der Waals surface area contributed by atoms with Crippen molar-refractivity contribution in [1.82, 2.24) is 14.5 Å². The molecule has 140 valence electrons. The highest BCUT2D eigenvalue weighted by molar-refractivity contribution is 7.91. The second-order valence-corrected chi connectivity index (χ2v) is 8.37. The van der Waals surface area contributed by atoms with Gasteiger partial charge in [-0.2, -0.15) is 0 Å². The van der Waals surface area contributed by atoms with Crippen molar-refractivity contribution in [2.24, 2.45) is 0 Å². The summed E-state index contributed by atoms with van der Waals surface area (Å²) in [5.74, 6) is 0.109. The van der Waals surface area contributed by atoms with E-state index in [1.807, 2.05) is 23.6 Å². The number of hydrogen-bond acceptors (Lipinski definition) is 5. The number of nitrogens with zero attached hydrogens (tertiary/aromatic N) is 3. The lowest BCUT2D eigenvalue weighted by Crippen LogP contribution is -2.27. The van der Waals surface area contributed by atoms with Crippen LogP contribution in [-0.2, 0) is 27.7 Å². The Balaban J connectivity index is 2.32. The van der Waals surface area contributed by atoms with Crippen LogP contribution < -0.4 is 0 Å². The van der Waals surface area contributed by atoms with E-state index in [9.17, 15) is 8.42 Å². The van der Waals surface area contributed by atoms with Gasteiger partial charge in [0.25, 0.3) is 0 Å². The van der Waals surface area contributed by atoms with Crippen LogP contribution in [0.15, 0.2) is 36.7 Å². The smallest absolute Gasteiger partial charge is 0.227 e. The Kier molecular flexibility index (Phi) is 7.40. The van der Waals surface area contributed by atoms with Crippen LogP contribution in [0.4, 0.5) is 0 Å². The van der Waals surface area contributed by atoms with Gasteiger partial charge in [-0.1, -0.05) is 19.1 Å². The van der Waals surface area contributed by atoms with Gasteiger partial charge in [0.2, 0.25) is 15.0 Å². The summed E-state index contributed by atoms with van der Waals surface area (Å²) in [6.45, 7) is 12.7. The minimum atomic E-state index is -3.38. The fourth-order valence-electron chi connectivity index (χ4n) is 3.11. The average Bonchev–Trinajstić information content (AvgIpc) is 3.19. The van der Waals surface area contributed by atoms with Gasteiger partial charge in [0.1, 0.15) is 0 Å². The van der Waals surface area contributed by atoms with Crippen LogP contribution in [0.5, 0.6) is 0 Å². The number of ether oxygens (including phenoxy) is 1. The molecule has 0 unspecified atom stereocenters. The van der Waals surface area contributed by atoms with Crippen LogP contribution in [-0.4, -0.2) is 54.4 Å². The summed E-state index contributed by atoms with van der Waals surface area (Å²) in [6, 6.07) is 0. The van der Waals surface area contributed by atoms with Gasteiger partial charge in [0, 0.05) is 26.2 Å². The molecule has 1 aromatic rings. The zero-order chi connectivity index (χ0) is 18.3. The van der Waals surface area contributed by atoms with Gasteiger partial charge in [-0.15, -0.1) is 13.2 Å². The second kappa shape index (κ2) is 9.31. The molecule has 1 aliphatic heterocycles. The third-order valence-corrected chi connectivity index (χ3v) is 6.05. The van der Waals surface area contributed by atoms with Gasteiger partial charge in [-0.05, 0) is 19.3 Å². The summed E-state index contributed by atoms with van der Waals surface area (Å²) < 4.78 is 32.8. The number of sulfone groups is 1. The third kappa shape index (κ3) is 5.26. The largest absolute Gasteiger partial charge is 0.376 e. The highest BCUT2D eigenvalue weighted by Crippen LogP contribution is 2.21. The lowest BCUT2D eigenvalue weighted by Gasteiger charge is -2.21. The molecule has 2 heterocycles. The Morgan fingerprint density at radius 2 is 2.12 bits per heavy atom. The molecule has 1 atom stereocenters. The minimum absolute atomic E-state index is 0.0517. The van der Waals surface area contributed by atoms with Gasteiger partial charge >= 0.3 is 0 Å². The van der Waals surface area contributed by atoms with E-state index in [4.69, 9.17) is 4.74 Å². The van der Waals surface area contributed by atoms with Crippen molar-refractivity contribution in [1.29, 1.82) is 0 Å². The number of hydrogen-bond donors (Lipinski definition) is 0. The van der Waals surface area contributed by atoms with Crippen molar-refractivity contribution >= 4 is 9.84 Å². The summed E-state index contributed by atoms with van der Waals surface area (Å²) in [7, 11) is -3.38. The summed E-state index contributed by atoms with van der Waals surface area (Å²) >= 11 is 0. The van der Waals surface area contributed by atoms with Crippen LogP contribution in [0, 0.1) is 0 Å². The molecule has 1 fully saturated rings. The molecule has 0 saturated carbocycles. The van der Waals surface area contributed by atoms with Crippen LogP contribution in [0.3, 0.4) is 0 Å². The maximum atomic E-state index is 12.6. The minimum Gasteiger partial charge on any atom is -0.376 e. The zero-order valence-electron chi connectivity index (χ0n) is 15.1. The predicted molar refractivity (Wildman–Crippen MR) is 99.2 cm³/mol. The van der Waals surface area contributed by atoms with E-state index < -0.39 is 9.84 Å². The van der Waals surface area contributed by atoms with Gasteiger partial charge in [0.05, 0.1) is 30.3 Å². The average molecular weight is 368 g/mol. The molecule has 7 heteroatoms. The number of rotatable bonds is 11. The molecule has 0 aromatic carbocycles. The first-order valence-electron chi connectivity index (χ1n) is 8.84. The highest BCUT2D eigenvalue weighted by atomic mass is 32.2. The molecule has 2 rings (SSSR count). The van der Waals surface area contributed by atoms with Crippen LogP contribution in [0.25, 0.3) is 0 Å². The van der Waals surface area contributed by atoms with Crippen LogP contribution >= 0.6 is 0 Å². The first-order chi connectivity index (χ1) is 12.0. The molecule has 1 aromatic heterocycles. The molecule has 25 heavy (non-hydrogen) atoms. The van der Waals surface area contributed by atoms with Crippen LogP contribution in [0.1, 0.15) is 31.9 Å². The van der Waals surface area contributed by atoms with Crippen molar-refractivity contribution in [3.63, 3.8) is 0 Å². The molecule has 1 aliphatic rings. The van der Waals surface area contributed by atoms with Gasteiger partial charge < -0.3 is 9.30 Å².